The number of rotatable bonds is 16. The minimum Gasteiger partial charge on any atom is -0.481 e. The second-order valence-electron chi connectivity index (χ2n) is 7.53. The highest BCUT2D eigenvalue weighted by atomic mass is 16.4. The van der Waals surface area contributed by atoms with Gasteiger partial charge in [-0.3, -0.25) is 24.0 Å². The van der Waals surface area contributed by atoms with E-state index in [2.05, 4.69) is 25.9 Å². The number of carboxylic acids is 2. The summed E-state index contributed by atoms with van der Waals surface area (Å²) in [5.41, 5.74) is 10.9. The van der Waals surface area contributed by atoms with Crippen LogP contribution in [0.25, 0.3) is 0 Å². The first-order valence-corrected chi connectivity index (χ1v) is 10.4. The van der Waals surface area contributed by atoms with E-state index >= 15 is 0 Å². The molecule has 0 aromatic carbocycles. The highest BCUT2D eigenvalue weighted by Crippen LogP contribution is 2.05. The van der Waals surface area contributed by atoms with Gasteiger partial charge < -0.3 is 47.7 Å². The van der Waals surface area contributed by atoms with Gasteiger partial charge in [-0.25, -0.2) is 9.78 Å². The number of carbonyl (C=O) groups excluding carboxylic acids is 4. The number of imidazole rings is 1. The van der Waals surface area contributed by atoms with E-state index in [1.165, 1.54) is 12.5 Å². The summed E-state index contributed by atoms with van der Waals surface area (Å²) in [7, 11) is 0. The maximum absolute atomic E-state index is 12.9. The maximum Gasteiger partial charge on any atom is 0.326 e. The molecule has 4 amide bonds. The predicted octanol–water partition coefficient (Wildman–Crippen LogP) is -4.06. The van der Waals surface area contributed by atoms with Crippen molar-refractivity contribution in [3.8, 4) is 0 Å². The lowest BCUT2D eigenvalue weighted by atomic mass is 10.1. The predicted molar refractivity (Wildman–Crippen MR) is 116 cm³/mol. The zero-order chi connectivity index (χ0) is 26.5. The van der Waals surface area contributed by atoms with Crippen molar-refractivity contribution in [2.75, 3.05) is 6.61 Å². The van der Waals surface area contributed by atoms with Crippen molar-refractivity contribution in [1.82, 2.24) is 25.9 Å². The van der Waals surface area contributed by atoms with Crippen molar-refractivity contribution in [3.05, 3.63) is 18.2 Å². The normalized spacial score (nSPS) is 14.1. The summed E-state index contributed by atoms with van der Waals surface area (Å²) in [4.78, 5) is 77.7. The van der Waals surface area contributed by atoms with Gasteiger partial charge in [0.05, 0.1) is 12.9 Å². The van der Waals surface area contributed by atoms with Gasteiger partial charge in [-0.05, 0) is 12.8 Å². The van der Waals surface area contributed by atoms with Gasteiger partial charge in [0.2, 0.25) is 23.6 Å². The van der Waals surface area contributed by atoms with E-state index in [-0.39, 0.29) is 19.3 Å². The summed E-state index contributed by atoms with van der Waals surface area (Å²) >= 11 is 0. The van der Waals surface area contributed by atoms with Gasteiger partial charge in [0.15, 0.2) is 0 Å². The number of hydrogen-bond donors (Lipinski definition) is 9. The number of nitrogens with zero attached hydrogens (tertiary/aromatic N) is 1. The fourth-order valence-electron chi connectivity index (χ4n) is 2.81. The third-order valence-electron chi connectivity index (χ3n) is 4.72. The number of carboxylic acid groups (broad SMARTS) is 2. The quantitative estimate of drug-likeness (QED) is 0.105. The lowest BCUT2D eigenvalue weighted by molar-refractivity contribution is -0.143. The van der Waals surface area contributed by atoms with Gasteiger partial charge in [-0.2, -0.15) is 0 Å². The molecule has 0 fully saturated rings. The van der Waals surface area contributed by atoms with Crippen molar-refractivity contribution in [2.24, 2.45) is 11.5 Å². The molecule has 1 aromatic heterocycles. The number of hydrogen-bond acceptors (Lipinski definition) is 9. The van der Waals surface area contributed by atoms with Gasteiger partial charge in [0, 0.05) is 31.2 Å². The molecule has 35 heavy (non-hydrogen) atoms. The van der Waals surface area contributed by atoms with Crippen molar-refractivity contribution < 1.29 is 44.1 Å². The van der Waals surface area contributed by atoms with E-state index in [0.29, 0.717) is 5.69 Å². The highest BCUT2D eigenvalue weighted by Gasteiger charge is 2.31. The lowest BCUT2D eigenvalue weighted by Crippen LogP contribution is -2.58. The van der Waals surface area contributed by atoms with Crippen molar-refractivity contribution in [3.63, 3.8) is 0 Å². The summed E-state index contributed by atoms with van der Waals surface area (Å²) in [6.07, 6.45) is 1.01. The molecule has 0 bridgehead atoms. The minimum absolute atomic E-state index is 0.171. The molecular weight excluding hydrogens is 470 g/mol. The SMILES string of the molecule is NC(=O)CCC(NC(=O)C(N)CO)C(=O)NC(Cc1cnc[nH]1)C(=O)NC(CCC(=O)O)C(=O)O. The van der Waals surface area contributed by atoms with E-state index < -0.39 is 79.2 Å². The van der Waals surface area contributed by atoms with Crippen LogP contribution in [0, 0.1) is 0 Å². The van der Waals surface area contributed by atoms with Crippen LogP contribution in [0.4, 0.5) is 0 Å². The van der Waals surface area contributed by atoms with Gasteiger partial charge in [-0.1, -0.05) is 0 Å². The van der Waals surface area contributed by atoms with Crippen LogP contribution in [-0.4, -0.2) is 91.6 Å². The van der Waals surface area contributed by atoms with Crippen molar-refractivity contribution >= 4 is 35.6 Å². The molecule has 4 atom stereocenters. The number of nitrogens with two attached hydrogens (primary N) is 2. The molecule has 16 nitrogen and oxygen atoms in total. The molecule has 0 radical (unpaired) electrons. The van der Waals surface area contributed by atoms with Crippen LogP contribution >= 0.6 is 0 Å². The highest BCUT2D eigenvalue weighted by molar-refractivity contribution is 5.94. The fourth-order valence-corrected chi connectivity index (χ4v) is 2.81. The average molecular weight is 499 g/mol. The van der Waals surface area contributed by atoms with Crippen LogP contribution in [-0.2, 0) is 35.2 Å². The van der Waals surface area contributed by atoms with Crippen LogP contribution in [0.2, 0.25) is 0 Å². The van der Waals surface area contributed by atoms with Crippen molar-refractivity contribution in [2.45, 2.75) is 56.3 Å². The van der Waals surface area contributed by atoms with Gasteiger partial charge in [0.1, 0.15) is 24.2 Å². The summed E-state index contributed by atoms with van der Waals surface area (Å²) < 4.78 is 0. The molecule has 0 spiro atoms. The molecule has 0 aliphatic carbocycles. The Hall–Kier alpha value is -4.05. The number of aromatic amines is 1. The Morgan fingerprint density at radius 3 is 2.00 bits per heavy atom. The number of aliphatic hydroxyl groups excluding tert-OH is 1. The molecule has 194 valence electrons. The topological polar surface area (TPSA) is 280 Å². The molecule has 11 N–H and O–H groups in total. The van der Waals surface area contributed by atoms with E-state index in [1.807, 2.05) is 0 Å². The molecule has 1 heterocycles. The average Bonchev–Trinajstić information content (AvgIpc) is 3.30. The van der Waals surface area contributed by atoms with Gasteiger partial charge >= 0.3 is 11.9 Å². The molecular formula is C19H29N7O9. The number of amides is 4. The monoisotopic (exact) mass is 499 g/mol. The molecule has 0 saturated heterocycles. The van der Waals surface area contributed by atoms with Crippen LogP contribution < -0.4 is 27.4 Å². The molecule has 1 rings (SSSR count). The second-order valence-corrected chi connectivity index (χ2v) is 7.53. The Bertz CT molecular complexity index is 906. The minimum atomic E-state index is -1.55. The third-order valence-corrected chi connectivity index (χ3v) is 4.72. The molecule has 0 saturated carbocycles. The number of primary amides is 1. The summed E-state index contributed by atoms with van der Waals surface area (Å²) in [6.45, 7) is -0.715. The smallest absolute Gasteiger partial charge is 0.326 e. The lowest BCUT2D eigenvalue weighted by Gasteiger charge is -2.24. The molecule has 1 aromatic rings. The molecule has 0 aliphatic rings. The number of carbonyl (C=O) groups is 6. The van der Waals surface area contributed by atoms with Crippen LogP contribution in [0.5, 0.6) is 0 Å². The van der Waals surface area contributed by atoms with Crippen LogP contribution in [0.3, 0.4) is 0 Å². The maximum atomic E-state index is 12.9. The van der Waals surface area contributed by atoms with E-state index in [1.54, 1.807) is 0 Å². The molecule has 16 heteroatoms. The third kappa shape index (κ3) is 10.6. The first-order chi connectivity index (χ1) is 16.4. The Morgan fingerprint density at radius 2 is 1.49 bits per heavy atom. The zero-order valence-electron chi connectivity index (χ0n) is 18.6. The summed E-state index contributed by atoms with van der Waals surface area (Å²) in [5, 5.41) is 33.9. The van der Waals surface area contributed by atoms with Crippen LogP contribution in [0.1, 0.15) is 31.4 Å². The number of aliphatic hydroxyl groups is 1. The summed E-state index contributed by atoms with van der Waals surface area (Å²) in [6, 6.07) is -5.65. The van der Waals surface area contributed by atoms with E-state index in [4.69, 9.17) is 21.7 Å². The number of nitrogens with one attached hydrogen (secondary N) is 4. The van der Waals surface area contributed by atoms with Gasteiger partial charge in [0.25, 0.3) is 0 Å². The first kappa shape index (κ1) is 29.0. The first-order valence-electron chi connectivity index (χ1n) is 10.4. The number of H-pyrrole nitrogens is 1. The molecule has 4 unspecified atom stereocenters. The number of aliphatic carboxylic acids is 2. The Balaban J connectivity index is 3.07. The largest absolute Gasteiger partial charge is 0.481 e. The van der Waals surface area contributed by atoms with Crippen molar-refractivity contribution in [1.29, 1.82) is 0 Å². The van der Waals surface area contributed by atoms with E-state index in [0.717, 1.165) is 0 Å². The fraction of sp³-hybridized carbons (Fsp3) is 0.526. The molecule has 0 aliphatic heterocycles. The van der Waals surface area contributed by atoms with Crippen LogP contribution in [0.15, 0.2) is 12.5 Å². The zero-order valence-corrected chi connectivity index (χ0v) is 18.6. The van der Waals surface area contributed by atoms with Gasteiger partial charge in [-0.15, -0.1) is 0 Å². The Morgan fingerprint density at radius 1 is 0.914 bits per heavy atom. The Kier molecular flexibility index (Phi) is 11.8. The number of aromatic nitrogens is 2. The standard InChI is InChI=1S/C19H29N7O9/c20-10(7-27)16(31)24-11(1-3-14(21)28)17(32)26-13(5-9-6-22-8-23-9)18(33)25-12(19(34)35)2-4-15(29)30/h6,8,10-13,27H,1-5,7,20H2,(H2,21,28)(H,22,23)(H,24,31)(H,25,33)(H,26,32)(H,29,30)(H,34,35). The van der Waals surface area contributed by atoms with E-state index in [9.17, 15) is 33.9 Å². The summed E-state index contributed by atoms with van der Waals surface area (Å²) in [5.74, 6) is -6.26. The second kappa shape index (κ2) is 14.3. The Labute approximate surface area is 198 Å².